The summed E-state index contributed by atoms with van der Waals surface area (Å²) in [5, 5.41) is 0. The van der Waals surface area contributed by atoms with Crippen molar-refractivity contribution in [2.45, 2.75) is 34.3 Å². The van der Waals surface area contributed by atoms with Gasteiger partial charge in [0.1, 0.15) is 11.5 Å². The molecule has 0 aliphatic carbocycles. The van der Waals surface area contributed by atoms with Gasteiger partial charge in [-0.3, -0.25) is 4.79 Å². The van der Waals surface area contributed by atoms with Crippen molar-refractivity contribution in [2.24, 2.45) is 5.41 Å². The lowest BCUT2D eigenvalue weighted by molar-refractivity contribution is -0.143. The van der Waals surface area contributed by atoms with E-state index in [1.165, 1.54) is 0 Å². The Morgan fingerprint density at radius 3 is 1.85 bits per heavy atom. The van der Waals surface area contributed by atoms with Gasteiger partial charge in [0.15, 0.2) is 0 Å². The molecule has 0 aliphatic rings. The minimum Gasteiger partial charge on any atom is -0.426 e. The molecule has 0 aliphatic heterocycles. The highest BCUT2D eigenvalue weighted by Crippen LogP contribution is 2.31. The molecule has 5 heteroatoms. The third-order valence-corrected chi connectivity index (χ3v) is 5.14. The van der Waals surface area contributed by atoms with Crippen LogP contribution in [0.4, 0.5) is 0 Å². The molecule has 0 heterocycles. The van der Waals surface area contributed by atoms with E-state index in [4.69, 9.17) is 14.2 Å². The second-order valence-corrected chi connectivity index (χ2v) is 9.16. The largest absolute Gasteiger partial charge is 0.426 e. The summed E-state index contributed by atoms with van der Waals surface area (Å²) in [7, 11) is 1.63. The van der Waals surface area contributed by atoms with Crippen LogP contribution >= 0.6 is 0 Å². The number of ether oxygens (including phenoxy) is 3. The standard InChI is InChI=1S/C29H30O5/c1-19(2)27(30)33-25-15-16-26(23(17-25)18-32-6)22-9-7-20(8-10-22)21-11-13-24(14-12-21)34-28(31)29(3,4)5/h7-17H,1,18H2,2-6H3. The van der Waals surface area contributed by atoms with Gasteiger partial charge in [-0.25, -0.2) is 4.79 Å². The third kappa shape index (κ3) is 6.21. The molecule has 5 nitrogen and oxygen atoms in total. The van der Waals surface area contributed by atoms with Crippen LogP contribution in [0, 0.1) is 5.41 Å². The molecule has 0 unspecified atom stereocenters. The van der Waals surface area contributed by atoms with Crippen molar-refractivity contribution < 1.29 is 23.8 Å². The van der Waals surface area contributed by atoms with Crippen molar-refractivity contribution in [1.82, 2.24) is 0 Å². The number of carbonyl (C=O) groups excluding carboxylic acids is 2. The maximum atomic E-state index is 12.1. The predicted molar refractivity (Wildman–Crippen MR) is 134 cm³/mol. The molecule has 176 valence electrons. The third-order valence-electron chi connectivity index (χ3n) is 5.14. The molecule has 3 aromatic carbocycles. The van der Waals surface area contributed by atoms with E-state index < -0.39 is 11.4 Å². The van der Waals surface area contributed by atoms with E-state index >= 15 is 0 Å². The summed E-state index contributed by atoms with van der Waals surface area (Å²) < 4.78 is 16.2. The van der Waals surface area contributed by atoms with Crippen LogP contribution in [-0.2, 0) is 20.9 Å². The van der Waals surface area contributed by atoms with Crippen LogP contribution < -0.4 is 9.47 Å². The lowest BCUT2D eigenvalue weighted by atomic mass is 9.96. The Bertz CT molecular complexity index is 1180. The first-order valence-electron chi connectivity index (χ1n) is 11.0. The highest BCUT2D eigenvalue weighted by atomic mass is 16.5. The summed E-state index contributed by atoms with van der Waals surface area (Å²) in [6.07, 6.45) is 0. The van der Waals surface area contributed by atoms with Gasteiger partial charge < -0.3 is 14.2 Å². The summed E-state index contributed by atoms with van der Waals surface area (Å²) in [6, 6.07) is 21.1. The fraction of sp³-hybridized carbons (Fsp3) is 0.241. The molecule has 3 aromatic rings. The van der Waals surface area contributed by atoms with Crippen molar-refractivity contribution in [2.75, 3.05) is 7.11 Å². The molecule has 3 rings (SSSR count). The number of methoxy groups -OCH3 is 1. The lowest BCUT2D eigenvalue weighted by Crippen LogP contribution is -2.25. The van der Waals surface area contributed by atoms with E-state index in [9.17, 15) is 9.59 Å². The van der Waals surface area contributed by atoms with Crippen molar-refractivity contribution in [3.63, 3.8) is 0 Å². The average molecular weight is 459 g/mol. The Morgan fingerprint density at radius 1 is 0.794 bits per heavy atom. The predicted octanol–water partition coefficient (Wildman–Crippen LogP) is 6.60. The van der Waals surface area contributed by atoms with E-state index in [0.717, 1.165) is 27.8 Å². The highest BCUT2D eigenvalue weighted by molar-refractivity contribution is 5.89. The quantitative estimate of drug-likeness (QED) is 0.227. The number of hydrogen-bond acceptors (Lipinski definition) is 5. The van der Waals surface area contributed by atoms with Crippen LogP contribution in [-0.4, -0.2) is 19.0 Å². The molecule has 0 amide bonds. The minimum atomic E-state index is -0.555. The van der Waals surface area contributed by atoms with Crippen molar-refractivity contribution in [1.29, 1.82) is 0 Å². The molecule has 0 atom stereocenters. The first kappa shape index (κ1) is 24.9. The minimum absolute atomic E-state index is 0.267. The molecular formula is C29H30O5. The molecule has 0 saturated carbocycles. The summed E-state index contributed by atoms with van der Waals surface area (Å²) in [4.78, 5) is 23.9. The fourth-order valence-electron chi connectivity index (χ4n) is 3.20. The Balaban J connectivity index is 1.80. The number of carbonyl (C=O) groups is 2. The summed E-state index contributed by atoms with van der Waals surface area (Å²) >= 11 is 0. The molecular weight excluding hydrogens is 428 g/mol. The van der Waals surface area contributed by atoms with Gasteiger partial charge in [0, 0.05) is 12.7 Å². The second-order valence-electron chi connectivity index (χ2n) is 9.16. The van der Waals surface area contributed by atoms with Crippen LogP contribution in [0.2, 0.25) is 0 Å². The van der Waals surface area contributed by atoms with Crippen LogP contribution in [0.15, 0.2) is 78.9 Å². The molecule has 0 N–H and O–H groups in total. The molecule has 0 spiro atoms. The number of hydrogen-bond donors (Lipinski definition) is 0. The zero-order chi connectivity index (χ0) is 24.9. The molecule has 0 bridgehead atoms. The van der Waals surface area contributed by atoms with Gasteiger partial charge in [0.05, 0.1) is 12.0 Å². The Kier molecular flexibility index (Phi) is 7.69. The second kappa shape index (κ2) is 10.5. The van der Waals surface area contributed by atoms with E-state index in [1.54, 1.807) is 32.2 Å². The zero-order valence-electron chi connectivity index (χ0n) is 20.3. The maximum absolute atomic E-state index is 12.1. The molecule has 34 heavy (non-hydrogen) atoms. The molecule has 0 radical (unpaired) electrons. The van der Waals surface area contributed by atoms with Gasteiger partial charge in [-0.2, -0.15) is 0 Å². The van der Waals surface area contributed by atoms with Crippen LogP contribution in [0.1, 0.15) is 33.3 Å². The Hall–Kier alpha value is -3.70. The fourth-order valence-corrected chi connectivity index (χ4v) is 3.20. The lowest BCUT2D eigenvalue weighted by Gasteiger charge is -2.16. The van der Waals surface area contributed by atoms with Crippen LogP contribution in [0.5, 0.6) is 11.5 Å². The number of esters is 2. The number of rotatable bonds is 7. The van der Waals surface area contributed by atoms with Gasteiger partial charge in [-0.1, -0.05) is 49.0 Å². The average Bonchev–Trinajstić information content (AvgIpc) is 2.79. The van der Waals surface area contributed by atoms with Gasteiger partial charge in [0.25, 0.3) is 0 Å². The van der Waals surface area contributed by atoms with Gasteiger partial charge in [0.2, 0.25) is 0 Å². The normalized spacial score (nSPS) is 11.1. The highest BCUT2D eigenvalue weighted by Gasteiger charge is 2.23. The van der Waals surface area contributed by atoms with Gasteiger partial charge >= 0.3 is 11.9 Å². The SMILES string of the molecule is C=C(C)C(=O)Oc1ccc(-c2ccc(-c3ccc(OC(=O)C(C)(C)C)cc3)cc2)c(COC)c1. The van der Waals surface area contributed by atoms with Crippen LogP contribution in [0.25, 0.3) is 22.3 Å². The maximum Gasteiger partial charge on any atom is 0.338 e. The zero-order valence-corrected chi connectivity index (χ0v) is 20.3. The number of benzene rings is 3. The first-order valence-corrected chi connectivity index (χ1v) is 11.0. The van der Waals surface area contributed by atoms with E-state index in [0.29, 0.717) is 23.7 Å². The Morgan fingerprint density at radius 2 is 1.32 bits per heavy atom. The summed E-state index contributed by atoms with van der Waals surface area (Å²) in [6.45, 7) is 11.1. The topological polar surface area (TPSA) is 61.8 Å². The van der Waals surface area contributed by atoms with Crippen LogP contribution in [0.3, 0.4) is 0 Å². The monoisotopic (exact) mass is 458 g/mol. The van der Waals surface area contributed by atoms with E-state index in [-0.39, 0.29) is 5.97 Å². The smallest absolute Gasteiger partial charge is 0.338 e. The molecule has 0 saturated heterocycles. The Labute approximate surface area is 201 Å². The van der Waals surface area contributed by atoms with E-state index in [2.05, 4.69) is 6.58 Å². The molecule has 0 fully saturated rings. The molecule has 0 aromatic heterocycles. The summed E-state index contributed by atoms with van der Waals surface area (Å²) in [5.41, 5.74) is 4.76. The van der Waals surface area contributed by atoms with E-state index in [1.807, 2.05) is 69.3 Å². The van der Waals surface area contributed by atoms with Gasteiger partial charge in [-0.05, 0) is 79.8 Å². The summed E-state index contributed by atoms with van der Waals surface area (Å²) in [5.74, 6) is 0.251. The van der Waals surface area contributed by atoms with Crippen molar-refractivity contribution in [3.05, 3.63) is 84.4 Å². The van der Waals surface area contributed by atoms with Crippen molar-refractivity contribution >= 4 is 11.9 Å². The van der Waals surface area contributed by atoms with Gasteiger partial charge in [-0.15, -0.1) is 0 Å². The van der Waals surface area contributed by atoms with Crippen molar-refractivity contribution in [3.8, 4) is 33.8 Å². The first-order chi connectivity index (χ1) is 16.1.